The maximum atomic E-state index is 12.3. The minimum atomic E-state index is -4.79. The molecule has 0 aliphatic rings. The summed E-state index contributed by atoms with van der Waals surface area (Å²) in [7, 11) is 1.50. The lowest BCUT2D eigenvalue weighted by Gasteiger charge is -2.25. The number of carbonyl (C=O) groups is 1. The molecule has 0 spiro atoms. The molecule has 7 nitrogen and oxygen atoms in total. The van der Waals surface area contributed by atoms with Crippen molar-refractivity contribution in [2.45, 2.75) is 19.3 Å². The third-order valence-corrected chi connectivity index (χ3v) is 3.80. The van der Waals surface area contributed by atoms with E-state index < -0.39 is 29.1 Å². The lowest BCUT2D eigenvalue weighted by molar-refractivity contribution is -0.384. The van der Waals surface area contributed by atoms with Gasteiger partial charge in [0.25, 0.3) is 5.69 Å². The Morgan fingerprint density at radius 1 is 1.22 bits per heavy atom. The second kappa shape index (κ2) is 7.94. The van der Waals surface area contributed by atoms with E-state index >= 15 is 0 Å². The minimum Gasteiger partial charge on any atom is -0.406 e. The number of halogens is 3. The van der Waals surface area contributed by atoms with E-state index in [0.29, 0.717) is 5.56 Å². The summed E-state index contributed by atoms with van der Waals surface area (Å²) in [4.78, 5) is 24.0. The van der Waals surface area contributed by atoms with Crippen molar-refractivity contribution in [1.29, 1.82) is 0 Å². The molecule has 2 rings (SSSR count). The molecular weight excluding hydrogens is 367 g/mol. The second-order valence-electron chi connectivity index (χ2n) is 5.64. The molecule has 0 heterocycles. The fourth-order valence-electron chi connectivity index (χ4n) is 2.25. The van der Waals surface area contributed by atoms with Crippen LogP contribution in [0.15, 0.2) is 48.5 Å². The summed E-state index contributed by atoms with van der Waals surface area (Å²) in [5, 5.41) is 13.4. The van der Waals surface area contributed by atoms with Crippen LogP contribution in [0.4, 0.5) is 29.3 Å². The van der Waals surface area contributed by atoms with E-state index in [0.717, 1.165) is 12.1 Å². The second-order valence-corrected chi connectivity index (χ2v) is 5.64. The standard InChI is InChI=1S/C17H16F3N3O4/c1-11(12-4-3-5-14(10-12)23(25)26)22(2)16(24)21-13-6-8-15(9-7-13)27-17(18,19)20/h3-11H,1-2H3,(H,21,24)/t11-/m1/s1. The minimum absolute atomic E-state index is 0.0894. The summed E-state index contributed by atoms with van der Waals surface area (Å²) in [6.45, 7) is 1.69. The highest BCUT2D eigenvalue weighted by molar-refractivity contribution is 5.89. The zero-order chi connectivity index (χ0) is 20.2. The zero-order valence-electron chi connectivity index (χ0n) is 14.4. The van der Waals surface area contributed by atoms with E-state index in [1.165, 1.54) is 42.3 Å². The number of nitrogens with zero attached hydrogens (tertiary/aromatic N) is 2. The first-order valence-corrected chi connectivity index (χ1v) is 7.71. The Labute approximate surface area is 152 Å². The normalized spacial score (nSPS) is 12.2. The monoisotopic (exact) mass is 383 g/mol. The quantitative estimate of drug-likeness (QED) is 0.598. The number of benzene rings is 2. The van der Waals surface area contributed by atoms with E-state index in [-0.39, 0.29) is 11.4 Å². The molecule has 10 heteroatoms. The number of nitro groups is 1. The van der Waals surface area contributed by atoms with Crippen molar-refractivity contribution in [2.24, 2.45) is 0 Å². The Morgan fingerprint density at radius 3 is 2.41 bits per heavy atom. The third-order valence-electron chi connectivity index (χ3n) is 3.80. The van der Waals surface area contributed by atoms with Crippen molar-refractivity contribution in [1.82, 2.24) is 4.90 Å². The van der Waals surface area contributed by atoms with Crippen molar-refractivity contribution >= 4 is 17.4 Å². The summed E-state index contributed by atoms with van der Waals surface area (Å²) in [5.41, 5.74) is 0.747. The van der Waals surface area contributed by atoms with Crippen LogP contribution < -0.4 is 10.1 Å². The fraction of sp³-hybridized carbons (Fsp3) is 0.235. The third kappa shape index (κ3) is 5.59. The first-order chi connectivity index (χ1) is 12.6. The summed E-state index contributed by atoms with van der Waals surface area (Å²) in [6.07, 6.45) is -4.79. The molecule has 0 unspecified atom stereocenters. The Kier molecular flexibility index (Phi) is 5.88. The number of nitro benzene ring substituents is 1. The molecule has 27 heavy (non-hydrogen) atoms. The molecule has 2 aromatic rings. The highest BCUT2D eigenvalue weighted by Crippen LogP contribution is 2.26. The zero-order valence-corrected chi connectivity index (χ0v) is 14.4. The van der Waals surface area contributed by atoms with Gasteiger partial charge in [0.15, 0.2) is 0 Å². The molecule has 1 N–H and O–H groups in total. The fourth-order valence-corrected chi connectivity index (χ4v) is 2.25. The molecule has 1 atom stereocenters. The van der Waals surface area contributed by atoms with Gasteiger partial charge in [0.1, 0.15) is 5.75 Å². The van der Waals surface area contributed by atoms with Crippen LogP contribution in [0.3, 0.4) is 0 Å². The molecule has 0 radical (unpaired) electrons. The van der Waals surface area contributed by atoms with Gasteiger partial charge in [0.2, 0.25) is 0 Å². The molecule has 0 aromatic heterocycles. The number of anilines is 1. The van der Waals surface area contributed by atoms with Crippen molar-refractivity contribution in [3.63, 3.8) is 0 Å². The van der Waals surface area contributed by atoms with Crippen LogP contribution in [0.2, 0.25) is 0 Å². The SMILES string of the molecule is C[C@H](c1cccc([N+](=O)[O-])c1)N(C)C(=O)Nc1ccc(OC(F)(F)F)cc1. The highest BCUT2D eigenvalue weighted by atomic mass is 19.4. The van der Waals surface area contributed by atoms with Gasteiger partial charge in [0.05, 0.1) is 11.0 Å². The Bertz CT molecular complexity index is 825. The first kappa shape index (κ1) is 20.0. The topological polar surface area (TPSA) is 84.7 Å². The highest BCUT2D eigenvalue weighted by Gasteiger charge is 2.31. The molecule has 0 aliphatic heterocycles. The van der Waals surface area contributed by atoms with E-state index in [4.69, 9.17) is 0 Å². The average molecular weight is 383 g/mol. The average Bonchev–Trinajstić information content (AvgIpc) is 2.61. The Balaban J connectivity index is 2.04. The lowest BCUT2D eigenvalue weighted by Crippen LogP contribution is -2.33. The molecular formula is C17H16F3N3O4. The summed E-state index contributed by atoms with van der Waals surface area (Å²) in [6, 6.07) is 9.59. The smallest absolute Gasteiger partial charge is 0.406 e. The van der Waals surface area contributed by atoms with Crippen LogP contribution in [-0.2, 0) is 0 Å². The summed E-state index contributed by atoms with van der Waals surface area (Å²) in [5.74, 6) is -0.404. The van der Waals surface area contributed by atoms with Gasteiger partial charge < -0.3 is 15.0 Å². The number of hydrogen-bond acceptors (Lipinski definition) is 4. The number of ether oxygens (including phenoxy) is 1. The molecule has 144 valence electrons. The van der Waals surface area contributed by atoms with Crippen LogP contribution >= 0.6 is 0 Å². The van der Waals surface area contributed by atoms with Crippen molar-refractivity contribution in [3.05, 3.63) is 64.2 Å². The number of hydrogen-bond donors (Lipinski definition) is 1. The van der Waals surface area contributed by atoms with Gasteiger partial charge in [-0.05, 0) is 36.8 Å². The van der Waals surface area contributed by atoms with E-state index in [9.17, 15) is 28.1 Å². The predicted octanol–water partition coefficient (Wildman–Crippen LogP) is 4.72. The van der Waals surface area contributed by atoms with Gasteiger partial charge in [-0.3, -0.25) is 10.1 Å². The molecule has 0 bridgehead atoms. The van der Waals surface area contributed by atoms with E-state index in [1.54, 1.807) is 13.0 Å². The number of carbonyl (C=O) groups excluding carboxylic acids is 1. The van der Waals surface area contributed by atoms with Gasteiger partial charge >= 0.3 is 12.4 Å². The molecule has 2 aromatic carbocycles. The van der Waals surface area contributed by atoms with Crippen LogP contribution in [0.1, 0.15) is 18.5 Å². The van der Waals surface area contributed by atoms with Gasteiger partial charge in [-0.1, -0.05) is 12.1 Å². The van der Waals surface area contributed by atoms with Crippen molar-refractivity contribution < 1.29 is 27.6 Å². The number of nitrogens with one attached hydrogen (secondary N) is 1. The molecule has 0 saturated heterocycles. The summed E-state index contributed by atoms with van der Waals surface area (Å²) < 4.78 is 40.2. The number of alkyl halides is 3. The van der Waals surface area contributed by atoms with Gasteiger partial charge in [-0.25, -0.2) is 4.79 Å². The van der Waals surface area contributed by atoms with E-state index in [2.05, 4.69) is 10.1 Å². The number of non-ortho nitro benzene ring substituents is 1. The largest absolute Gasteiger partial charge is 0.573 e. The maximum absolute atomic E-state index is 12.3. The molecule has 0 saturated carbocycles. The number of urea groups is 1. The molecule has 0 aliphatic carbocycles. The van der Waals surface area contributed by atoms with Gasteiger partial charge in [-0.2, -0.15) is 0 Å². The van der Waals surface area contributed by atoms with Crippen molar-refractivity contribution in [3.8, 4) is 5.75 Å². The lowest BCUT2D eigenvalue weighted by atomic mass is 10.1. The van der Waals surface area contributed by atoms with Gasteiger partial charge in [0, 0.05) is 24.9 Å². The predicted molar refractivity (Wildman–Crippen MR) is 91.4 cm³/mol. The first-order valence-electron chi connectivity index (χ1n) is 7.71. The van der Waals surface area contributed by atoms with E-state index in [1.807, 2.05) is 0 Å². The van der Waals surface area contributed by atoms with Gasteiger partial charge in [-0.15, -0.1) is 13.2 Å². The van der Waals surface area contributed by atoms with Crippen LogP contribution in [0.5, 0.6) is 5.75 Å². The Morgan fingerprint density at radius 2 is 1.85 bits per heavy atom. The number of rotatable bonds is 5. The molecule has 2 amide bonds. The Hall–Kier alpha value is -3.30. The maximum Gasteiger partial charge on any atom is 0.573 e. The van der Waals surface area contributed by atoms with Crippen LogP contribution in [0, 0.1) is 10.1 Å². The number of amides is 2. The van der Waals surface area contributed by atoms with Crippen molar-refractivity contribution in [2.75, 3.05) is 12.4 Å². The molecule has 0 fully saturated rings. The summed E-state index contributed by atoms with van der Waals surface area (Å²) >= 11 is 0. The van der Waals surface area contributed by atoms with Crippen LogP contribution in [0.25, 0.3) is 0 Å². The van der Waals surface area contributed by atoms with Crippen LogP contribution in [-0.4, -0.2) is 29.3 Å².